The molecule has 1 N–H and O–H groups in total. The van der Waals surface area contributed by atoms with Crippen molar-refractivity contribution in [1.82, 2.24) is 15.1 Å². The first-order valence-corrected chi connectivity index (χ1v) is 11.7. The van der Waals surface area contributed by atoms with Gasteiger partial charge in [-0.05, 0) is 42.3 Å². The van der Waals surface area contributed by atoms with Gasteiger partial charge in [0.05, 0.1) is 11.9 Å². The van der Waals surface area contributed by atoms with Gasteiger partial charge in [-0.25, -0.2) is 12.8 Å². The van der Waals surface area contributed by atoms with Crippen molar-refractivity contribution in [3.05, 3.63) is 77.4 Å². The van der Waals surface area contributed by atoms with Crippen molar-refractivity contribution in [3.8, 4) is 5.75 Å². The number of carbonyl (C=O) groups is 1. The van der Waals surface area contributed by atoms with E-state index in [0.717, 1.165) is 11.8 Å². The molecule has 0 unspecified atom stereocenters. The van der Waals surface area contributed by atoms with E-state index in [1.807, 2.05) is 0 Å². The second kappa shape index (κ2) is 8.50. The molecule has 1 fully saturated rings. The van der Waals surface area contributed by atoms with Crippen LogP contribution in [0, 0.1) is 5.82 Å². The van der Waals surface area contributed by atoms with Gasteiger partial charge in [-0.1, -0.05) is 18.2 Å². The fraction of sp³-hybridized carbons (Fsp3) is 0.273. The van der Waals surface area contributed by atoms with Crippen LogP contribution in [0.2, 0.25) is 0 Å². The molecule has 1 saturated heterocycles. The predicted octanol–water partition coefficient (Wildman–Crippen LogP) is 3.16. The summed E-state index contributed by atoms with van der Waals surface area (Å²) in [5.41, 5.74) is 1.86. The molecule has 1 amide bonds. The number of ether oxygens (including phenoxy) is 1. The SMILES string of the molecule is CS(=O)(=O)c1cn[nH]c1[C@H]1CCN(C(=O)c2cccc(OCc3ccc(F)cc3)c2)C1. The first-order chi connectivity index (χ1) is 14.8. The van der Waals surface area contributed by atoms with Gasteiger partial charge in [0.2, 0.25) is 0 Å². The van der Waals surface area contributed by atoms with Gasteiger partial charge in [-0.15, -0.1) is 0 Å². The van der Waals surface area contributed by atoms with Crippen LogP contribution in [0.25, 0.3) is 0 Å². The van der Waals surface area contributed by atoms with E-state index in [1.54, 1.807) is 41.3 Å². The number of halogens is 1. The molecule has 0 bridgehead atoms. The van der Waals surface area contributed by atoms with E-state index in [2.05, 4.69) is 10.2 Å². The van der Waals surface area contributed by atoms with Gasteiger partial charge in [0.25, 0.3) is 5.91 Å². The lowest BCUT2D eigenvalue weighted by atomic mass is 10.1. The number of nitrogens with one attached hydrogen (secondary N) is 1. The summed E-state index contributed by atoms with van der Waals surface area (Å²) >= 11 is 0. The van der Waals surface area contributed by atoms with E-state index in [-0.39, 0.29) is 29.1 Å². The maximum absolute atomic E-state index is 13.0. The second-order valence-electron chi connectivity index (χ2n) is 7.60. The molecule has 2 aromatic carbocycles. The Hall–Kier alpha value is -3.20. The average molecular weight is 444 g/mol. The summed E-state index contributed by atoms with van der Waals surface area (Å²) in [6.07, 6.45) is 3.12. The van der Waals surface area contributed by atoms with Gasteiger partial charge in [-0.2, -0.15) is 5.10 Å². The third-order valence-electron chi connectivity index (χ3n) is 5.32. The van der Waals surface area contributed by atoms with Gasteiger partial charge in [0.1, 0.15) is 23.1 Å². The Labute approximate surface area is 179 Å². The molecule has 1 aliphatic rings. The summed E-state index contributed by atoms with van der Waals surface area (Å²) in [4.78, 5) is 14.9. The van der Waals surface area contributed by atoms with Crippen LogP contribution in [0.5, 0.6) is 5.75 Å². The number of rotatable bonds is 6. The fourth-order valence-electron chi connectivity index (χ4n) is 3.70. The lowest BCUT2D eigenvalue weighted by molar-refractivity contribution is 0.0790. The zero-order valence-electron chi connectivity index (χ0n) is 16.9. The highest BCUT2D eigenvalue weighted by atomic mass is 32.2. The first-order valence-electron chi connectivity index (χ1n) is 9.81. The van der Waals surface area contributed by atoms with E-state index >= 15 is 0 Å². The number of hydrogen-bond donors (Lipinski definition) is 1. The van der Waals surface area contributed by atoms with E-state index in [0.29, 0.717) is 36.5 Å². The van der Waals surface area contributed by atoms with Gasteiger partial charge in [0, 0.05) is 30.8 Å². The molecule has 0 saturated carbocycles. The Kier molecular flexibility index (Phi) is 5.77. The molecule has 7 nitrogen and oxygen atoms in total. The molecular formula is C22H22FN3O4S. The van der Waals surface area contributed by atoms with Crippen molar-refractivity contribution in [3.63, 3.8) is 0 Å². The van der Waals surface area contributed by atoms with Crippen molar-refractivity contribution in [1.29, 1.82) is 0 Å². The number of benzene rings is 2. The number of aromatic nitrogens is 2. The maximum atomic E-state index is 13.0. The summed E-state index contributed by atoms with van der Waals surface area (Å²) in [7, 11) is -3.39. The lowest BCUT2D eigenvalue weighted by Crippen LogP contribution is -2.28. The highest BCUT2D eigenvalue weighted by Crippen LogP contribution is 2.31. The Balaban J connectivity index is 1.43. The number of sulfone groups is 1. The van der Waals surface area contributed by atoms with Crippen molar-refractivity contribution in [2.24, 2.45) is 0 Å². The molecule has 1 aliphatic heterocycles. The molecule has 9 heteroatoms. The zero-order chi connectivity index (χ0) is 22.0. The first kappa shape index (κ1) is 21.0. The minimum atomic E-state index is -3.39. The van der Waals surface area contributed by atoms with E-state index < -0.39 is 9.84 Å². The highest BCUT2D eigenvalue weighted by Gasteiger charge is 2.32. The summed E-state index contributed by atoms with van der Waals surface area (Å²) in [6, 6.07) is 12.9. The minimum Gasteiger partial charge on any atom is -0.489 e. The van der Waals surface area contributed by atoms with Crippen molar-refractivity contribution in [2.45, 2.75) is 23.8 Å². The minimum absolute atomic E-state index is 0.117. The predicted molar refractivity (Wildman–Crippen MR) is 112 cm³/mol. The highest BCUT2D eigenvalue weighted by molar-refractivity contribution is 7.90. The fourth-order valence-corrected chi connectivity index (χ4v) is 4.56. The van der Waals surface area contributed by atoms with Crippen LogP contribution < -0.4 is 4.74 Å². The van der Waals surface area contributed by atoms with Gasteiger partial charge < -0.3 is 9.64 Å². The van der Waals surface area contributed by atoms with Gasteiger partial charge in [0.15, 0.2) is 9.84 Å². The Morgan fingerprint density at radius 2 is 2.03 bits per heavy atom. The summed E-state index contributed by atoms with van der Waals surface area (Å²) in [5.74, 6) is -0.0258. The largest absolute Gasteiger partial charge is 0.489 e. The van der Waals surface area contributed by atoms with Crippen LogP contribution in [0.1, 0.15) is 34.0 Å². The quantitative estimate of drug-likeness (QED) is 0.632. The third kappa shape index (κ3) is 4.77. The molecule has 0 radical (unpaired) electrons. The number of H-pyrrole nitrogens is 1. The molecule has 0 aliphatic carbocycles. The Morgan fingerprint density at radius 3 is 2.77 bits per heavy atom. The van der Waals surface area contributed by atoms with Gasteiger partial charge in [-0.3, -0.25) is 9.89 Å². The molecule has 3 aromatic rings. The number of likely N-dealkylation sites (tertiary alicyclic amines) is 1. The van der Waals surface area contributed by atoms with Crippen LogP contribution in [0.15, 0.2) is 59.6 Å². The standard InChI is InChI=1S/C22H22FN3O4S/c1-31(28,29)20-12-24-25-21(20)17-9-10-26(13-17)22(27)16-3-2-4-19(11-16)30-14-15-5-7-18(23)8-6-15/h2-8,11-12,17H,9-10,13-14H2,1H3,(H,24,25)/t17-/m0/s1. The van der Waals surface area contributed by atoms with Crippen LogP contribution in [0.4, 0.5) is 4.39 Å². The Morgan fingerprint density at radius 1 is 1.26 bits per heavy atom. The zero-order valence-corrected chi connectivity index (χ0v) is 17.7. The van der Waals surface area contributed by atoms with E-state index in [9.17, 15) is 17.6 Å². The third-order valence-corrected chi connectivity index (χ3v) is 6.44. The normalized spacial score (nSPS) is 16.5. The second-order valence-corrected chi connectivity index (χ2v) is 9.58. The van der Waals surface area contributed by atoms with Gasteiger partial charge >= 0.3 is 0 Å². The van der Waals surface area contributed by atoms with Crippen LogP contribution in [0.3, 0.4) is 0 Å². The Bertz CT molecular complexity index is 1190. The number of nitrogens with zero attached hydrogens (tertiary/aromatic N) is 2. The number of aromatic amines is 1. The topological polar surface area (TPSA) is 92.4 Å². The lowest BCUT2D eigenvalue weighted by Gasteiger charge is -2.17. The van der Waals surface area contributed by atoms with E-state index in [1.165, 1.54) is 18.3 Å². The number of hydrogen-bond acceptors (Lipinski definition) is 5. The molecule has 162 valence electrons. The maximum Gasteiger partial charge on any atom is 0.254 e. The summed E-state index contributed by atoms with van der Waals surface area (Å²) in [5, 5.41) is 6.67. The molecule has 1 aromatic heterocycles. The number of amides is 1. The van der Waals surface area contributed by atoms with E-state index in [4.69, 9.17) is 4.74 Å². The molecule has 2 heterocycles. The van der Waals surface area contributed by atoms with Crippen molar-refractivity contribution in [2.75, 3.05) is 19.3 Å². The number of carbonyl (C=O) groups excluding carboxylic acids is 1. The van der Waals surface area contributed by atoms with Crippen LogP contribution >= 0.6 is 0 Å². The molecule has 0 spiro atoms. The molecule has 31 heavy (non-hydrogen) atoms. The van der Waals surface area contributed by atoms with Crippen LogP contribution in [-0.4, -0.2) is 48.8 Å². The van der Waals surface area contributed by atoms with Crippen molar-refractivity contribution < 1.29 is 22.3 Å². The summed E-state index contributed by atoms with van der Waals surface area (Å²) in [6.45, 7) is 1.19. The average Bonchev–Trinajstić information content (AvgIpc) is 3.42. The molecular weight excluding hydrogens is 421 g/mol. The molecule has 1 atom stereocenters. The monoisotopic (exact) mass is 443 g/mol. The van der Waals surface area contributed by atoms with Crippen LogP contribution in [-0.2, 0) is 16.4 Å². The molecule has 4 rings (SSSR count). The van der Waals surface area contributed by atoms with Crippen molar-refractivity contribution >= 4 is 15.7 Å². The smallest absolute Gasteiger partial charge is 0.254 e. The summed E-state index contributed by atoms with van der Waals surface area (Å²) < 4.78 is 42.7.